The molecule has 12 heavy (non-hydrogen) atoms. The Kier molecular flexibility index (Phi) is 2.20. The molecule has 2 atom stereocenters. The Morgan fingerprint density at radius 2 is 1.75 bits per heavy atom. The first-order valence-corrected chi connectivity index (χ1v) is 5.00. The van der Waals surface area contributed by atoms with Crippen molar-refractivity contribution in [1.29, 1.82) is 0 Å². The van der Waals surface area contributed by atoms with Crippen molar-refractivity contribution < 1.29 is 0 Å². The summed E-state index contributed by atoms with van der Waals surface area (Å²) < 4.78 is 2.38. The van der Waals surface area contributed by atoms with Crippen LogP contribution in [0.5, 0.6) is 0 Å². The molecule has 0 N–H and O–H groups in total. The van der Waals surface area contributed by atoms with E-state index in [1.54, 1.807) is 0 Å². The number of nitrogens with zero attached hydrogens (tertiary/aromatic N) is 1. The Hall–Kier alpha value is -0.720. The minimum Gasteiger partial charge on any atom is -0.351 e. The van der Waals surface area contributed by atoms with Crippen molar-refractivity contribution >= 4 is 0 Å². The van der Waals surface area contributed by atoms with E-state index < -0.39 is 0 Å². The maximum absolute atomic E-state index is 2.38. The van der Waals surface area contributed by atoms with Gasteiger partial charge in [0.1, 0.15) is 0 Å². The molecule has 0 bridgehead atoms. The van der Waals surface area contributed by atoms with Crippen LogP contribution in [0.15, 0.2) is 24.5 Å². The summed E-state index contributed by atoms with van der Waals surface area (Å²) in [7, 11) is 0. The number of hydrogen-bond acceptors (Lipinski definition) is 0. The van der Waals surface area contributed by atoms with Gasteiger partial charge in [-0.15, -0.1) is 0 Å². The molecule has 0 aromatic carbocycles. The van der Waals surface area contributed by atoms with Gasteiger partial charge in [0.25, 0.3) is 0 Å². The van der Waals surface area contributed by atoms with Gasteiger partial charge in [-0.2, -0.15) is 0 Å². The second-order valence-corrected chi connectivity index (χ2v) is 3.96. The zero-order valence-electron chi connectivity index (χ0n) is 7.74. The lowest BCUT2D eigenvalue weighted by Crippen LogP contribution is -2.19. The van der Waals surface area contributed by atoms with E-state index in [1.807, 2.05) is 0 Å². The van der Waals surface area contributed by atoms with E-state index in [4.69, 9.17) is 0 Å². The van der Waals surface area contributed by atoms with Crippen LogP contribution in [0, 0.1) is 5.92 Å². The Morgan fingerprint density at radius 3 is 2.42 bits per heavy atom. The molecule has 1 fully saturated rings. The van der Waals surface area contributed by atoms with Crippen LogP contribution in [0.25, 0.3) is 0 Å². The predicted octanol–water partition coefficient (Wildman–Crippen LogP) is 3.24. The normalized spacial score (nSPS) is 30.4. The SMILES string of the molecule is C[C@H]1CCCC[C@H]1n1cccc1. The molecule has 0 spiro atoms. The molecule has 1 aromatic heterocycles. The molecule has 1 heteroatoms. The minimum atomic E-state index is 0.772. The third-order valence-corrected chi connectivity index (χ3v) is 3.08. The predicted molar refractivity (Wildman–Crippen MR) is 51.1 cm³/mol. The molecular weight excluding hydrogens is 146 g/mol. The number of aromatic nitrogens is 1. The molecule has 1 heterocycles. The standard InChI is InChI=1S/C11H17N/c1-10-6-2-3-7-11(10)12-8-4-5-9-12/h4-5,8-11H,2-3,6-7H2,1H3/t10-,11+/m0/s1. The summed E-state index contributed by atoms with van der Waals surface area (Å²) in [5.41, 5.74) is 0. The van der Waals surface area contributed by atoms with E-state index >= 15 is 0 Å². The van der Waals surface area contributed by atoms with Crippen LogP contribution in [0.3, 0.4) is 0 Å². The summed E-state index contributed by atoms with van der Waals surface area (Å²) in [4.78, 5) is 0. The maximum Gasteiger partial charge on any atom is 0.0356 e. The van der Waals surface area contributed by atoms with E-state index in [9.17, 15) is 0 Å². The summed E-state index contributed by atoms with van der Waals surface area (Å²) in [6, 6.07) is 5.02. The third kappa shape index (κ3) is 1.40. The van der Waals surface area contributed by atoms with Crippen LogP contribution in [0.2, 0.25) is 0 Å². The first-order chi connectivity index (χ1) is 5.88. The lowest BCUT2D eigenvalue weighted by Gasteiger charge is -2.30. The third-order valence-electron chi connectivity index (χ3n) is 3.08. The van der Waals surface area contributed by atoms with Gasteiger partial charge in [-0.05, 0) is 30.9 Å². The maximum atomic E-state index is 2.38. The molecule has 0 aliphatic heterocycles. The Bertz CT molecular complexity index is 225. The molecule has 0 saturated heterocycles. The van der Waals surface area contributed by atoms with Gasteiger partial charge in [-0.3, -0.25) is 0 Å². The largest absolute Gasteiger partial charge is 0.351 e. The first-order valence-electron chi connectivity index (χ1n) is 5.00. The van der Waals surface area contributed by atoms with Gasteiger partial charge in [-0.1, -0.05) is 19.8 Å². The van der Waals surface area contributed by atoms with Crippen LogP contribution in [-0.2, 0) is 0 Å². The summed E-state index contributed by atoms with van der Waals surface area (Å²) >= 11 is 0. The summed E-state index contributed by atoms with van der Waals surface area (Å²) in [5, 5.41) is 0. The lowest BCUT2D eigenvalue weighted by molar-refractivity contribution is 0.258. The Labute approximate surface area is 74.4 Å². The average Bonchev–Trinajstić information content (AvgIpc) is 2.57. The van der Waals surface area contributed by atoms with Crippen LogP contribution in [0.4, 0.5) is 0 Å². The minimum absolute atomic E-state index is 0.772. The molecule has 66 valence electrons. The fourth-order valence-electron chi connectivity index (χ4n) is 2.31. The molecule has 0 radical (unpaired) electrons. The molecule has 1 aromatic rings. The van der Waals surface area contributed by atoms with Gasteiger partial charge in [0.05, 0.1) is 0 Å². The van der Waals surface area contributed by atoms with Crippen molar-refractivity contribution in [2.24, 2.45) is 5.92 Å². The lowest BCUT2D eigenvalue weighted by atomic mass is 9.86. The average molecular weight is 163 g/mol. The zero-order chi connectivity index (χ0) is 8.39. The van der Waals surface area contributed by atoms with E-state index in [1.165, 1.54) is 25.7 Å². The molecule has 0 amide bonds. The van der Waals surface area contributed by atoms with Crippen LogP contribution >= 0.6 is 0 Å². The van der Waals surface area contributed by atoms with Crippen molar-refractivity contribution in [2.75, 3.05) is 0 Å². The summed E-state index contributed by atoms with van der Waals surface area (Å²) in [6.45, 7) is 2.38. The van der Waals surface area contributed by atoms with Crippen molar-refractivity contribution in [1.82, 2.24) is 4.57 Å². The second-order valence-electron chi connectivity index (χ2n) is 3.96. The molecular formula is C11H17N. The zero-order valence-corrected chi connectivity index (χ0v) is 7.74. The molecule has 1 aliphatic rings. The fourth-order valence-corrected chi connectivity index (χ4v) is 2.31. The van der Waals surface area contributed by atoms with Gasteiger partial charge < -0.3 is 4.57 Å². The van der Waals surface area contributed by atoms with Gasteiger partial charge in [-0.25, -0.2) is 0 Å². The highest BCUT2D eigenvalue weighted by Gasteiger charge is 2.21. The van der Waals surface area contributed by atoms with Crippen molar-refractivity contribution in [2.45, 2.75) is 38.6 Å². The fraction of sp³-hybridized carbons (Fsp3) is 0.636. The Morgan fingerprint density at radius 1 is 1.08 bits per heavy atom. The highest BCUT2D eigenvalue weighted by atomic mass is 15.0. The van der Waals surface area contributed by atoms with Crippen LogP contribution < -0.4 is 0 Å². The first kappa shape index (κ1) is 7.90. The monoisotopic (exact) mass is 163 g/mol. The van der Waals surface area contributed by atoms with E-state index in [0.717, 1.165) is 12.0 Å². The van der Waals surface area contributed by atoms with E-state index in [0.29, 0.717) is 0 Å². The van der Waals surface area contributed by atoms with Gasteiger partial charge in [0.2, 0.25) is 0 Å². The van der Waals surface area contributed by atoms with Gasteiger partial charge in [0.15, 0.2) is 0 Å². The van der Waals surface area contributed by atoms with Crippen molar-refractivity contribution in [3.05, 3.63) is 24.5 Å². The second kappa shape index (κ2) is 3.34. The molecule has 0 unspecified atom stereocenters. The smallest absolute Gasteiger partial charge is 0.0356 e. The topological polar surface area (TPSA) is 4.93 Å². The number of hydrogen-bond donors (Lipinski definition) is 0. The molecule has 1 aliphatic carbocycles. The Balaban J connectivity index is 2.11. The molecule has 1 saturated carbocycles. The highest BCUT2D eigenvalue weighted by Crippen LogP contribution is 2.33. The van der Waals surface area contributed by atoms with E-state index in [-0.39, 0.29) is 0 Å². The summed E-state index contributed by atoms with van der Waals surface area (Å²) in [5.74, 6) is 0.867. The van der Waals surface area contributed by atoms with Gasteiger partial charge in [0, 0.05) is 18.4 Å². The number of rotatable bonds is 1. The highest BCUT2D eigenvalue weighted by molar-refractivity contribution is 4.94. The van der Waals surface area contributed by atoms with Crippen LogP contribution in [-0.4, -0.2) is 4.57 Å². The molecule has 1 nitrogen and oxygen atoms in total. The summed E-state index contributed by atoms with van der Waals surface area (Å²) in [6.07, 6.45) is 10.0. The van der Waals surface area contributed by atoms with Gasteiger partial charge >= 0.3 is 0 Å². The quantitative estimate of drug-likeness (QED) is 0.599. The van der Waals surface area contributed by atoms with Crippen molar-refractivity contribution in [3.8, 4) is 0 Å². The van der Waals surface area contributed by atoms with Crippen LogP contribution in [0.1, 0.15) is 38.6 Å². The molecule has 2 rings (SSSR count). The van der Waals surface area contributed by atoms with E-state index in [2.05, 4.69) is 36.0 Å². The van der Waals surface area contributed by atoms with Crippen molar-refractivity contribution in [3.63, 3.8) is 0 Å².